The van der Waals surface area contributed by atoms with E-state index in [1.165, 1.54) is 5.56 Å². The van der Waals surface area contributed by atoms with Crippen LogP contribution in [0, 0.1) is 17.2 Å². The number of rotatable bonds is 3. The molecule has 1 aliphatic heterocycles. The standard InChI is InChI=1S/C13H13N3OS/c14-8-10-11(15-13(18)16-12(10)17)7-6-9-4-2-1-3-5-9/h1-5,10-11H,6-7H2,(H2,15,16,17,18)/t10-,11+/m0/s1. The highest BCUT2D eigenvalue weighted by Gasteiger charge is 2.33. The molecule has 4 nitrogen and oxygen atoms in total. The summed E-state index contributed by atoms with van der Waals surface area (Å²) in [4.78, 5) is 11.6. The predicted octanol–water partition coefficient (Wildman–Crippen LogP) is 1.13. The third kappa shape index (κ3) is 2.84. The molecule has 1 aromatic rings. The van der Waals surface area contributed by atoms with E-state index >= 15 is 0 Å². The van der Waals surface area contributed by atoms with Crippen molar-refractivity contribution in [1.82, 2.24) is 10.6 Å². The van der Waals surface area contributed by atoms with Crippen LogP contribution in [0.4, 0.5) is 0 Å². The van der Waals surface area contributed by atoms with Crippen LogP contribution in [0.2, 0.25) is 0 Å². The Bertz CT molecular complexity index is 495. The second-order valence-electron chi connectivity index (χ2n) is 4.20. The Morgan fingerprint density at radius 1 is 1.33 bits per heavy atom. The van der Waals surface area contributed by atoms with Gasteiger partial charge in [0.05, 0.1) is 12.1 Å². The molecular formula is C13H13N3OS. The van der Waals surface area contributed by atoms with Crippen molar-refractivity contribution in [2.24, 2.45) is 5.92 Å². The van der Waals surface area contributed by atoms with Gasteiger partial charge in [-0.25, -0.2) is 0 Å². The second kappa shape index (κ2) is 5.61. The number of benzene rings is 1. The molecule has 1 fully saturated rings. The van der Waals surface area contributed by atoms with Crippen LogP contribution in [0.15, 0.2) is 30.3 Å². The lowest BCUT2D eigenvalue weighted by atomic mass is 9.93. The van der Waals surface area contributed by atoms with Gasteiger partial charge in [-0.3, -0.25) is 4.79 Å². The van der Waals surface area contributed by atoms with Gasteiger partial charge in [0.25, 0.3) is 0 Å². The second-order valence-corrected chi connectivity index (χ2v) is 4.61. The Morgan fingerprint density at radius 3 is 2.72 bits per heavy atom. The Balaban J connectivity index is 2.01. The highest BCUT2D eigenvalue weighted by Crippen LogP contribution is 2.14. The van der Waals surface area contributed by atoms with Gasteiger partial charge in [-0.05, 0) is 30.6 Å². The highest BCUT2D eigenvalue weighted by molar-refractivity contribution is 7.80. The maximum atomic E-state index is 11.6. The average Bonchev–Trinajstić information content (AvgIpc) is 2.37. The minimum atomic E-state index is -0.680. The van der Waals surface area contributed by atoms with E-state index in [-0.39, 0.29) is 11.9 Å². The zero-order valence-corrected chi connectivity index (χ0v) is 10.5. The van der Waals surface area contributed by atoms with Gasteiger partial charge >= 0.3 is 0 Å². The summed E-state index contributed by atoms with van der Waals surface area (Å²) >= 11 is 4.94. The number of nitriles is 1. The number of carbonyl (C=O) groups is 1. The predicted molar refractivity (Wildman–Crippen MR) is 71.5 cm³/mol. The molecule has 1 amide bonds. The Kier molecular flexibility index (Phi) is 3.90. The number of amides is 1. The van der Waals surface area contributed by atoms with Crippen LogP contribution in [0.3, 0.4) is 0 Å². The van der Waals surface area contributed by atoms with Crippen molar-refractivity contribution in [1.29, 1.82) is 5.26 Å². The Hall–Kier alpha value is -1.93. The molecule has 0 radical (unpaired) electrons. The van der Waals surface area contributed by atoms with Crippen molar-refractivity contribution < 1.29 is 4.79 Å². The van der Waals surface area contributed by atoms with E-state index in [4.69, 9.17) is 17.5 Å². The smallest absolute Gasteiger partial charge is 0.245 e. The van der Waals surface area contributed by atoms with Crippen molar-refractivity contribution >= 4 is 23.2 Å². The summed E-state index contributed by atoms with van der Waals surface area (Å²) in [5.41, 5.74) is 1.19. The third-order valence-electron chi connectivity index (χ3n) is 2.96. The molecule has 1 aliphatic rings. The maximum Gasteiger partial charge on any atom is 0.245 e. The molecular weight excluding hydrogens is 246 g/mol. The van der Waals surface area contributed by atoms with Crippen LogP contribution in [-0.2, 0) is 11.2 Å². The zero-order chi connectivity index (χ0) is 13.0. The summed E-state index contributed by atoms with van der Waals surface area (Å²) in [6.45, 7) is 0. The van der Waals surface area contributed by atoms with Crippen molar-refractivity contribution in [3.63, 3.8) is 0 Å². The lowest BCUT2D eigenvalue weighted by Crippen LogP contribution is -2.57. The molecule has 0 unspecified atom stereocenters. The first-order valence-corrected chi connectivity index (χ1v) is 6.16. The molecule has 1 heterocycles. The zero-order valence-electron chi connectivity index (χ0n) is 9.72. The molecule has 5 heteroatoms. The van der Waals surface area contributed by atoms with E-state index in [1.807, 2.05) is 36.4 Å². The van der Waals surface area contributed by atoms with Crippen molar-refractivity contribution in [2.45, 2.75) is 18.9 Å². The molecule has 1 saturated heterocycles. The summed E-state index contributed by atoms with van der Waals surface area (Å²) in [5.74, 6) is -0.986. The topological polar surface area (TPSA) is 64.9 Å². The van der Waals surface area contributed by atoms with Gasteiger partial charge in [0.1, 0.15) is 5.92 Å². The van der Waals surface area contributed by atoms with Gasteiger partial charge in [-0.2, -0.15) is 5.26 Å². The van der Waals surface area contributed by atoms with Crippen LogP contribution in [0.5, 0.6) is 0 Å². The van der Waals surface area contributed by atoms with E-state index in [1.54, 1.807) is 0 Å². The lowest BCUT2D eigenvalue weighted by molar-refractivity contribution is -0.123. The first kappa shape index (κ1) is 12.5. The number of nitrogens with one attached hydrogen (secondary N) is 2. The van der Waals surface area contributed by atoms with Crippen molar-refractivity contribution in [3.05, 3.63) is 35.9 Å². The number of thiocarbonyl (C=S) groups is 1. The van der Waals surface area contributed by atoms with Gasteiger partial charge in [0.15, 0.2) is 5.11 Å². The summed E-state index contributed by atoms with van der Waals surface area (Å²) in [6, 6.07) is 11.8. The minimum Gasteiger partial charge on any atom is -0.358 e. The van der Waals surface area contributed by atoms with E-state index < -0.39 is 5.92 Å². The number of aryl methyl sites for hydroxylation is 1. The Labute approximate surface area is 111 Å². The molecule has 0 bridgehead atoms. The molecule has 0 spiro atoms. The van der Waals surface area contributed by atoms with Crippen LogP contribution >= 0.6 is 12.2 Å². The van der Waals surface area contributed by atoms with Crippen molar-refractivity contribution in [3.8, 4) is 6.07 Å². The fraction of sp³-hybridized carbons (Fsp3) is 0.308. The molecule has 92 valence electrons. The molecule has 0 aromatic heterocycles. The first-order chi connectivity index (χ1) is 8.70. The summed E-state index contributed by atoms with van der Waals surface area (Å²) in [6.07, 6.45) is 1.52. The molecule has 2 atom stereocenters. The normalized spacial score (nSPS) is 22.8. The summed E-state index contributed by atoms with van der Waals surface area (Å²) in [5, 5.41) is 14.8. The van der Waals surface area contributed by atoms with E-state index in [2.05, 4.69) is 10.6 Å². The van der Waals surface area contributed by atoms with Crippen LogP contribution in [0.1, 0.15) is 12.0 Å². The largest absolute Gasteiger partial charge is 0.358 e. The summed E-state index contributed by atoms with van der Waals surface area (Å²) < 4.78 is 0. The Morgan fingerprint density at radius 2 is 2.06 bits per heavy atom. The average molecular weight is 259 g/mol. The number of hydrogen-bond acceptors (Lipinski definition) is 3. The molecule has 0 saturated carbocycles. The molecule has 0 aliphatic carbocycles. The first-order valence-electron chi connectivity index (χ1n) is 5.75. The van der Waals surface area contributed by atoms with Gasteiger partial charge < -0.3 is 10.6 Å². The van der Waals surface area contributed by atoms with Gasteiger partial charge in [0, 0.05) is 0 Å². The molecule has 2 N–H and O–H groups in total. The van der Waals surface area contributed by atoms with Gasteiger partial charge in [-0.15, -0.1) is 0 Å². The quantitative estimate of drug-likeness (QED) is 0.799. The summed E-state index contributed by atoms with van der Waals surface area (Å²) in [7, 11) is 0. The van der Waals surface area contributed by atoms with E-state index in [0.29, 0.717) is 11.5 Å². The molecule has 1 aromatic carbocycles. The number of carbonyl (C=O) groups excluding carboxylic acids is 1. The van der Waals surface area contributed by atoms with Crippen LogP contribution < -0.4 is 10.6 Å². The molecule has 2 rings (SSSR count). The SMILES string of the molecule is N#C[C@@H]1C(=O)NC(=S)N[C@@H]1CCc1ccccc1. The minimum absolute atomic E-state index is 0.212. The third-order valence-corrected chi connectivity index (χ3v) is 3.18. The van der Waals surface area contributed by atoms with E-state index in [0.717, 1.165) is 6.42 Å². The fourth-order valence-electron chi connectivity index (χ4n) is 2.01. The van der Waals surface area contributed by atoms with Crippen LogP contribution in [-0.4, -0.2) is 17.1 Å². The van der Waals surface area contributed by atoms with Crippen molar-refractivity contribution in [2.75, 3.05) is 0 Å². The number of nitrogens with zero attached hydrogens (tertiary/aromatic N) is 1. The van der Waals surface area contributed by atoms with Gasteiger partial charge in [-0.1, -0.05) is 30.3 Å². The lowest BCUT2D eigenvalue weighted by Gasteiger charge is -2.29. The highest BCUT2D eigenvalue weighted by atomic mass is 32.1. The van der Waals surface area contributed by atoms with Crippen LogP contribution in [0.25, 0.3) is 0 Å². The van der Waals surface area contributed by atoms with Gasteiger partial charge in [0.2, 0.25) is 5.91 Å². The molecule has 18 heavy (non-hydrogen) atoms. The number of hydrogen-bond donors (Lipinski definition) is 2. The maximum absolute atomic E-state index is 11.6. The monoisotopic (exact) mass is 259 g/mol. The fourth-order valence-corrected chi connectivity index (χ4v) is 2.27. The van der Waals surface area contributed by atoms with E-state index in [9.17, 15) is 4.79 Å².